The van der Waals surface area contributed by atoms with E-state index in [1.807, 2.05) is 69.3 Å². The first-order valence-corrected chi connectivity index (χ1v) is 11.3. The van der Waals surface area contributed by atoms with Crippen molar-refractivity contribution in [2.24, 2.45) is 5.92 Å². The van der Waals surface area contributed by atoms with Crippen molar-refractivity contribution in [3.63, 3.8) is 0 Å². The highest BCUT2D eigenvalue weighted by Gasteiger charge is 2.29. The van der Waals surface area contributed by atoms with E-state index in [1.54, 1.807) is 12.0 Å². The average molecular weight is 441 g/mol. The quantitative estimate of drug-likeness (QED) is 0.537. The Balaban J connectivity index is 2.19. The molecule has 0 spiro atoms. The van der Waals surface area contributed by atoms with Crippen LogP contribution in [-0.2, 0) is 22.6 Å². The number of nitrogens with one attached hydrogen (secondary N) is 1. The lowest BCUT2D eigenvalue weighted by molar-refractivity contribution is -0.143. The molecule has 0 saturated heterocycles. The van der Waals surface area contributed by atoms with Gasteiger partial charge >= 0.3 is 0 Å². The molecule has 0 unspecified atom stereocenters. The lowest BCUT2D eigenvalue weighted by atomic mass is 10.1. The fourth-order valence-electron chi connectivity index (χ4n) is 3.36. The summed E-state index contributed by atoms with van der Waals surface area (Å²) in [7, 11) is 1.61. The molecule has 174 valence electrons. The normalized spacial score (nSPS) is 11.7. The maximum Gasteiger partial charge on any atom is 0.261 e. The summed E-state index contributed by atoms with van der Waals surface area (Å²) in [6, 6.07) is 14.7. The fourth-order valence-corrected chi connectivity index (χ4v) is 3.36. The fraction of sp³-hybridized carbons (Fsp3) is 0.462. The lowest BCUT2D eigenvalue weighted by Crippen LogP contribution is -2.50. The Morgan fingerprint density at radius 1 is 1.00 bits per heavy atom. The van der Waals surface area contributed by atoms with Gasteiger partial charge in [-0.15, -0.1) is 0 Å². The van der Waals surface area contributed by atoms with Crippen LogP contribution in [0, 0.1) is 5.92 Å². The molecule has 0 saturated carbocycles. The van der Waals surface area contributed by atoms with Gasteiger partial charge in [0.25, 0.3) is 5.91 Å². The molecule has 32 heavy (non-hydrogen) atoms. The van der Waals surface area contributed by atoms with E-state index in [0.29, 0.717) is 36.9 Å². The van der Waals surface area contributed by atoms with Crippen LogP contribution >= 0.6 is 0 Å². The number of carbonyl (C=O) groups excluding carboxylic acids is 2. The predicted octanol–water partition coefficient (Wildman–Crippen LogP) is 4.22. The Hall–Kier alpha value is -3.02. The molecule has 0 radical (unpaired) electrons. The minimum Gasteiger partial charge on any atom is -0.497 e. The summed E-state index contributed by atoms with van der Waals surface area (Å²) < 4.78 is 11.1. The summed E-state index contributed by atoms with van der Waals surface area (Å²) >= 11 is 0. The topological polar surface area (TPSA) is 67.9 Å². The summed E-state index contributed by atoms with van der Waals surface area (Å²) in [4.78, 5) is 27.7. The van der Waals surface area contributed by atoms with Crippen LogP contribution in [-0.4, -0.2) is 43.0 Å². The van der Waals surface area contributed by atoms with Crippen molar-refractivity contribution in [3.05, 3.63) is 59.7 Å². The molecule has 6 heteroatoms. The number of hydrogen-bond donors (Lipinski definition) is 1. The Labute approximate surface area is 191 Å². The third-order valence-corrected chi connectivity index (χ3v) is 5.25. The third kappa shape index (κ3) is 7.59. The molecule has 0 aliphatic heterocycles. The molecule has 6 nitrogen and oxygen atoms in total. The van der Waals surface area contributed by atoms with Crippen molar-refractivity contribution in [1.29, 1.82) is 0 Å². The van der Waals surface area contributed by atoms with Gasteiger partial charge in [0.2, 0.25) is 5.91 Å². The van der Waals surface area contributed by atoms with Gasteiger partial charge in [-0.3, -0.25) is 9.59 Å². The number of benzene rings is 2. The summed E-state index contributed by atoms with van der Waals surface area (Å²) in [6.45, 7) is 8.80. The second-order valence-electron chi connectivity index (χ2n) is 8.22. The van der Waals surface area contributed by atoms with Crippen LogP contribution in [0.15, 0.2) is 48.5 Å². The van der Waals surface area contributed by atoms with Crippen molar-refractivity contribution in [3.8, 4) is 11.5 Å². The van der Waals surface area contributed by atoms with Crippen LogP contribution in [0.1, 0.15) is 45.2 Å². The Bertz CT molecular complexity index is 864. The van der Waals surface area contributed by atoms with E-state index in [2.05, 4.69) is 12.2 Å². The maximum atomic E-state index is 13.2. The molecular formula is C26H36N2O4. The predicted molar refractivity (Wildman–Crippen MR) is 127 cm³/mol. The summed E-state index contributed by atoms with van der Waals surface area (Å²) in [5.41, 5.74) is 2.09. The smallest absolute Gasteiger partial charge is 0.261 e. The molecule has 0 aliphatic rings. The van der Waals surface area contributed by atoms with Crippen molar-refractivity contribution < 1.29 is 19.1 Å². The van der Waals surface area contributed by atoms with Crippen LogP contribution in [0.2, 0.25) is 0 Å². The van der Waals surface area contributed by atoms with Crippen molar-refractivity contribution >= 4 is 11.8 Å². The monoisotopic (exact) mass is 440 g/mol. The maximum absolute atomic E-state index is 13.2. The average Bonchev–Trinajstić information content (AvgIpc) is 2.81. The van der Waals surface area contributed by atoms with Gasteiger partial charge < -0.3 is 19.7 Å². The number of methoxy groups -OCH3 is 1. The SMILES string of the molecule is CCc1ccc(OCC(=O)N(Cc2cccc(OC)c2)[C@@H](CC)C(=O)NCC(C)C)cc1. The summed E-state index contributed by atoms with van der Waals surface area (Å²) in [6.07, 6.45) is 1.45. The number of aryl methyl sites for hydroxylation is 1. The zero-order valence-electron chi connectivity index (χ0n) is 19.9. The van der Waals surface area contributed by atoms with Crippen LogP contribution in [0.5, 0.6) is 11.5 Å². The Morgan fingerprint density at radius 3 is 2.31 bits per heavy atom. The zero-order valence-corrected chi connectivity index (χ0v) is 19.9. The highest BCUT2D eigenvalue weighted by molar-refractivity contribution is 5.88. The lowest BCUT2D eigenvalue weighted by Gasteiger charge is -2.31. The van der Waals surface area contributed by atoms with Crippen molar-refractivity contribution in [2.45, 2.75) is 53.1 Å². The van der Waals surface area contributed by atoms with E-state index in [0.717, 1.165) is 12.0 Å². The van der Waals surface area contributed by atoms with Gasteiger partial charge in [0, 0.05) is 13.1 Å². The molecule has 0 fully saturated rings. The molecule has 0 aromatic heterocycles. The van der Waals surface area contributed by atoms with Crippen LogP contribution in [0.3, 0.4) is 0 Å². The molecule has 0 heterocycles. The van der Waals surface area contributed by atoms with Crippen LogP contribution < -0.4 is 14.8 Å². The number of ether oxygens (including phenoxy) is 2. The Kier molecular flexibility index (Phi) is 10.1. The van der Waals surface area contributed by atoms with Crippen LogP contribution in [0.4, 0.5) is 0 Å². The van der Waals surface area contributed by atoms with Gasteiger partial charge in [-0.2, -0.15) is 0 Å². The largest absolute Gasteiger partial charge is 0.497 e. The van der Waals surface area contributed by atoms with E-state index in [4.69, 9.17) is 9.47 Å². The summed E-state index contributed by atoms with van der Waals surface area (Å²) in [5.74, 6) is 1.28. The minimum atomic E-state index is -0.585. The van der Waals surface area contributed by atoms with Gasteiger partial charge in [-0.25, -0.2) is 0 Å². The molecular weight excluding hydrogens is 404 g/mol. The second kappa shape index (κ2) is 12.7. The number of rotatable bonds is 12. The zero-order chi connectivity index (χ0) is 23.5. The van der Waals surface area contributed by atoms with E-state index in [-0.39, 0.29) is 18.4 Å². The van der Waals surface area contributed by atoms with E-state index in [1.165, 1.54) is 5.56 Å². The van der Waals surface area contributed by atoms with Crippen LogP contribution in [0.25, 0.3) is 0 Å². The first-order valence-electron chi connectivity index (χ1n) is 11.3. The number of hydrogen-bond acceptors (Lipinski definition) is 4. The van der Waals surface area contributed by atoms with E-state index < -0.39 is 6.04 Å². The molecule has 2 aromatic rings. The molecule has 2 aromatic carbocycles. The van der Waals surface area contributed by atoms with Gasteiger partial charge in [0.05, 0.1) is 7.11 Å². The molecule has 1 atom stereocenters. The molecule has 2 rings (SSSR count). The highest BCUT2D eigenvalue weighted by Crippen LogP contribution is 2.18. The first kappa shape index (κ1) is 25.2. The van der Waals surface area contributed by atoms with Crippen molar-refractivity contribution in [1.82, 2.24) is 10.2 Å². The molecule has 2 amide bonds. The first-order chi connectivity index (χ1) is 15.4. The number of carbonyl (C=O) groups is 2. The van der Waals surface area contributed by atoms with Crippen molar-refractivity contribution in [2.75, 3.05) is 20.3 Å². The minimum absolute atomic E-state index is 0.136. The Morgan fingerprint density at radius 2 is 1.72 bits per heavy atom. The van der Waals surface area contributed by atoms with E-state index >= 15 is 0 Å². The van der Waals surface area contributed by atoms with Gasteiger partial charge in [0.15, 0.2) is 6.61 Å². The molecule has 0 bridgehead atoms. The summed E-state index contributed by atoms with van der Waals surface area (Å²) in [5, 5.41) is 2.96. The molecule has 0 aliphatic carbocycles. The third-order valence-electron chi connectivity index (χ3n) is 5.25. The van der Waals surface area contributed by atoms with Gasteiger partial charge in [0.1, 0.15) is 17.5 Å². The second-order valence-corrected chi connectivity index (χ2v) is 8.22. The highest BCUT2D eigenvalue weighted by atomic mass is 16.5. The molecule has 1 N–H and O–H groups in total. The number of nitrogens with zero attached hydrogens (tertiary/aromatic N) is 1. The van der Waals surface area contributed by atoms with E-state index in [9.17, 15) is 9.59 Å². The van der Waals surface area contributed by atoms with Gasteiger partial charge in [-0.05, 0) is 54.2 Å². The number of amides is 2. The standard InChI is InChI=1S/C26H36N2O4/c1-6-20-11-13-22(14-12-20)32-18-25(29)28(17-21-9-8-10-23(15-21)31-5)24(7-2)26(30)27-16-19(3)4/h8-15,19,24H,6-7,16-18H2,1-5H3,(H,27,30)/t24-/m0/s1. The van der Waals surface area contributed by atoms with Gasteiger partial charge in [-0.1, -0.05) is 52.0 Å².